The average Bonchev–Trinajstić information content (AvgIpc) is 2.11. The third-order valence-electron chi connectivity index (χ3n) is 2.41. The van der Waals surface area contributed by atoms with E-state index in [-0.39, 0.29) is 19.7 Å². The summed E-state index contributed by atoms with van der Waals surface area (Å²) in [6.07, 6.45) is 0.239. The first-order valence-corrected chi connectivity index (χ1v) is 9.06. The van der Waals surface area contributed by atoms with Gasteiger partial charge in [0.1, 0.15) is 0 Å². The number of rotatable bonds is 4. The topological polar surface area (TPSA) is 101 Å². The minimum atomic E-state index is -3.90. The van der Waals surface area contributed by atoms with Crippen LogP contribution in [0.3, 0.4) is 0 Å². The molecule has 0 radical (unpaired) electrons. The Kier molecular flexibility index (Phi) is 4.44. The smallest absolute Gasteiger partial charge is 0.228 e. The molecule has 0 bridgehead atoms. The summed E-state index contributed by atoms with van der Waals surface area (Å²) in [5.74, 6) is 0. The maximum atomic E-state index is 12.0. The molecular formula is C9H19NO6S2. The fourth-order valence-electron chi connectivity index (χ4n) is 1.89. The van der Waals surface area contributed by atoms with Gasteiger partial charge in [0.25, 0.3) is 0 Å². The van der Waals surface area contributed by atoms with E-state index in [4.69, 9.17) is 9.84 Å². The largest absolute Gasteiger partial charge is 0.394 e. The molecule has 7 nitrogen and oxygen atoms in total. The zero-order chi connectivity index (χ0) is 14.2. The van der Waals surface area contributed by atoms with Gasteiger partial charge in [0.15, 0.2) is 14.9 Å². The molecule has 1 aliphatic heterocycles. The summed E-state index contributed by atoms with van der Waals surface area (Å²) in [6, 6.07) is 0. The van der Waals surface area contributed by atoms with Crippen LogP contribution in [0.2, 0.25) is 0 Å². The third-order valence-corrected chi connectivity index (χ3v) is 6.38. The summed E-state index contributed by atoms with van der Waals surface area (Å²) in [5, 5.41) is 8.15. The van der Waals surface area contributed by atoms with Crippen LogP contribution in [0, 0.1) is 0 Å². The van der Waals surface area contributed by atoms with Gasteiger partial charge in [-0.15, -0.1) is 0 Å². The summed E-state index contributed by atoms with van der Waals surface area (Å²) >= 11 is 0. The van der Waals surface area contributed by atoms with Gasteiger partial charge in [-0.3, -0.25) is 0 Å². The van der Waals surface area contributed by atoms with Crippen molar-refractivity contribution in [3.63, 3.8) is 0 Å². The predicted octanol–water partition coefficient (Wildman–Crippen LogP) is -1.21. The van der Waals surface area contributed by atoms with E-state index >= 15 is 0 Å². The Morgan fingerprint density at radius 3 is 2.33 bits per heavy atom. The molecule has 1 aliphatic rings. The molecule has 108 valence electrons. The molecule has 1 fully saturated rings. The lowest BCUT2D eigenvalue weighted by molar-refractivity contribution is -0.131. The van der Waals surface area contributed by atoms with E-state index in [0.717, 1.165) is 10.6 Å². The highest BCUT2D eigenvalue weighted by atomic mass is 32.3. The summed E-state index contributed by atoms with van der Waals surface area (Å²) < 4.78 is 52.7. The number of aliphatic hydroxyl groups is 1. The molecule has 0 amide bonds. The quantitative estimate of drug-likeness (QED) is 0.699. The highest BCUT2D eigenvalue weighted by Gasteiger charge is 2.39. The molecule has 1 atom stereocenters. The van der Waals surface area contributed by atoms with Crippen LogP contribution < -0.4 is 0 Å². The zero-order valence-corrected chi connectivity index (χ0v) is 12.3. The summed E-state index contributed by atoms with van der Waals surface area (Å²) in [6.45, 7) is 3.11. The van der Waals surface area contributed by atoms with E-state index in [1.807, 2.05) is 0 Å². The number of sulfonamides is 1. The fourth-order valence-corrected chi connectivity index (χ4v) is 5.56. The highest BCUT2D eigenvalue weighted by Crippen LogP contribution is 2.23. The summed E-state index contributed by atoms with van der Waals surface area (Å²) in [5.41, 5.74) is -0.754. The standard InChI is InChI=1S/C9H19NO6S2/c1-9(2)6-10(4-8(5-11)16-9)18(14,15)7-17(3,12)13/h8,11H,4-7H2,1-3H3. The first kappa shape index (κ1) is 15.8. The van der Waals surface area contributed by atoms with Gasteiger partial charge >= 0.3 is 0 Å². The van der Waals surface area contributed by atoms with Crippen LogP contribution in [0.25, 0.3) is 0 Å². The monoisotopic (exact) mass is 301 g/mol. The third kappa shape index (κ3) is 4.47. The van der Waals surface area contributed by atoms with E-state index in [9.17, 15) is 16.8 Å². The Bertz CT molecular complexity index is 495. The van der Waals surface area contributed by atoms with Crippen molar-refractivity contribution in [3.8, 4) is 0 Å². The molecule has 1 rings (SSSR count). The van der Waals surface area contributed by atoms with Crippen molar-refractivity contribution in [2.75, 3.05) is 31.0 Å². The second-order valence-electron chi connectivity index (χ2n) is 5.13. The molecule has 0 saturated carbocycles. The number of ether oxygens (including phenoxy) is 1. The summed E-state index contributed by atoms with van der Waals surface area (Å²) in [7, 11) is -7.53. The highest BCUT2D eigenvalue weighted by molar-refractivity contribution is 8.06. The van der Waals surface area contributed by atoms with Crippen LogP contribution in [0.1, 0.15) is 13.8 Å². The molecule has 0 aromatic carbocycles. The van der Waals surface area contributed by atoms with Crippen LogP contribution in [-0.4, -0.2) is 69.0 Å². The predicted molar refractivity (Wildman–Crippen MR) is 66.2 cm³/mol. The van der Waals surface area contributed by atoms with Gasteiger partial charge in [-0.2, -0.15) is 4.31 Å². The van der Waals surface area contributed by atoms with Crippen molar-refractivity contribution in [1.29, 1.82) is 0 Å². The first-order chi connectivity index (χ1) is 7.95. The first-order valence-electron chi connectivity index (χ1n) is 5.39. The minimum Gasteiger partial charge on any atom is -0.394 e. The maximum absolute atomic E-state index is 12.0. The molecule has 0 spiro atoms. The minimum absolute atomic E-state index is 0.0300. The van der Waals surface area contributed by atoms with Gasteiger partial charge in [0.2, 0.25) is 10.0 Å². The van der Waals surface area contributed by atoms with Crippen molar-refractivity contribution >= 4 is 19.9 Å². The number of aliphatic hydroxyl groups excluding tert-OH is 1. The second-order valence-corrected chi connectivity index (χ2v) is 9.60. The van der Waals surface area contributed by atoms with Crippen LogP contribution >= 0.6 is 0 Å². The maximum Gasteiger partial charge on any atom is 0.228 e. The van der Waals surface area contributed by atoms with Gasteiger partial charge in [0.05, 0.1) is 18.3 Å². The molecule has 1 N–H and O–H groups in total. The van der Waals surface area contributed by atoms with E-state index in [1.54, 1.807) is 13.8 Å². The number of hydrogen-bond acceptors (Lipinski definition) is 6. The lowest BCUT2D eigenvalue weighted by atomic mass is 10.1. The fraction of sp³-hybridized carbons (Fsp3) is 1.00. The van der Waals surface area contributed by atoms with Crippen LogP contribution in [-0.2, 0) is 24.6 Å². The van der Waals surface area contributed by atoms with E-state index in [2.05, 4.69) is 0 Å². The lowest BCUT2D eigenvalue weighted by Gasteiger charge is -2.41. The average molecular weight is 301 g/mol. The van der Waals surface area contributed by atoms with Gasteiger partial charge in [-0.1, -0.05) is 0 Å². The van der Waals surface area contributed by atoms with Crippen molar-refractivity contribution < 1.29 is 26.7 Å². The number of morpholine rings is 1. The summed E-state index contributed by atoms with van der Waals surface area (Å²) in [4.78, 5) is 0. The molecule has 1 unspecified atom stereocenters. The molecule has 18 heavy (non-hydrogen) atoms. The SMILES string of the molecule is CC1(C)CN(S(=O)(=O)CS(C)(=O)=O)CC(CO)O1. The number of hydrogen-bond donors (Lipinski definition) is 1. The van der Waals surface area contributed by atoms with Gasteiger partial charge < -0.3 is 9.84 Å². The second kappa shape index (κ2) is 5.04. The van der Waals surface area contributed by atoms with E-state index < -0.39 is 36.7 Å². The molecule has 0 aliphatic carbocycles. The Labute approximate surface area is 108 Å². The van der Waals surface area contributed by atoms with Crippen LogP contribution in [0.5, 0.6) is 0 Å². The lowest BCUT2D eigenvalue weighted by Crippen LogP contribution is -2.56. The molecule has 0 aromatic rings. The van der Waals surface area contributed by atoms with Crippen LogP contribution in [0.15, 0.2) is 0 Å². The van der Waals surface area contributed by atoms with E-state index in [0.29, 0.717) is 0 Å². The van der Waals surface area contributed by atoms with Gasteiger partial charge in [0, 0.05) is 19.3 Å². The Balaban J connectivity index is 2.95. The van der Waals surface area contributed by atoms with Gasteiger partial charge in [-0.05, 0) is 13.8 Å². The zero-order valence-electron chi connectivity index (χ0n) is 10.7. The van der Waals surface area contributed by atoms with Crippen molar-refractivity contribution in [2.45, 2.75) is 25.6 Å². The molecule has 1 saturated heterocycles. The molecular weight excluding hydrogens is 282 g/mol. The van der Waals surface area contributed by atoms with Gasteiger partial charge in [-0.25, -0.2) is 16.8 Å². The molecule has 9 heteroatoms. The Morgan fingerprint density at radius 1 is 1.33 bits per heavy atom. The van der Waals surface area contributed by atoms with Crippen molar-refractivity contribution in [3.05, 3.63) is 0 Å². The van der Waals surface area contributed by atoms with Crippen molar-refractivity contribution in [1.82, 2.24) is 4.31 Å². The molecule has 1 heterocycles. The Morgan fingerprint density at radius 2 is 1.89 bits per heavy atom. The molecule has 0 aromatic heterocycles. The normalized spacial score (nSPS) is 26.1. The number of sulfone groups is 1. The van der Waals surface area contributed by atoms with E-state index in [1.165, 1.54) is 0 Å². The van der Waals surface area contributed by atoms with Crippen molar-refractivity contribution in [2.24, 2.45) is 0 Å². The Hall–Kier alpha value is -0.220. The number of nitrogens with zero attached hydrogens (tertiary/aromatic N) is 1. The van der Waals surface area contributed by atoms with Crippen LogP contribution in [0.4, 0.5) is 0 Å².